The summed E-state index contributed by atoms with van der Waals surface area (Å²) < 4.78 is 0. The zero-order valence-corrected chi connectivity index (χ0v) is 75.8. The maximum atomic E-state index is 2.58. The fourth-order valence-electron chi connectivity index (χ4n) is 30.7. The Kier molecular flexibility index (Phi) is 29.1. The van der Waals surface area contributed by atoms with Crippen LogP contribution in [0, 0.1) is 190 Å². The van der Waals surface area contributed by atoms with Gasteiger partial charge in [-0.2, -0.15) is 0 Å². The molecule has 0 aromatic rings. The van der Waals surface area contributed by atoms with Crippen LogP contribution in [0.5, 0.6) is 0 Å². The van der Waals surface area contributed by atoms with Crippen molar-refractivity contribution in [3.63, 3.8) is 0 Å². The van der Waals surface area contributed by atoms with Crippen molar-refractivity contribution in [2.24, 2.45) is 190 Å². The molecule has 0 N–H and O–H groups in total. The van der Waals surface area contributed by atoms with Crippen molar-refractivity contribution in [3.8, 4) is 0 Å². The van der Waals surface area contributed by atoms with Gasteiger partial charge in [0, 0.05) is 0 Å². The normalized spacial score (nSPS) is 42.6. The highest BCUT2D eigenvalue weighted by Gasteiger charge is 2.56. The third kappa shape index (κ3) is 22.3. The third-order valence-electron chi connectivity index (χ3n) is 37.1. The summed E-state index contributed by atoms with van der Waals surface area (Å²) in [6.45, 7) is 61.2. The summed E-state index contributed by atoms with van der Waals surface area (Å²) in [6.07, 6.45) is 70.5. The molecule has 0 aromatic heterocycles. The Hall–Kier alpha value is 0. The SMILES string of the molecule is CC(C)(C)C1(C)C2CCCC1CCC2.CC(C)(C)C12CC3CC(CC(C3)C1)C2.CC(C)(C)C1CC2CCC1C2.CC(C)(C)C1CC2CCC1CC2.CC(C)(C)C1CC2CCCCC(C2)C1.CC(C)(C)C1CCC2CCC1C2.CC(C)(C)C1CCC2CCC1CC2.CC(C)(C)C1CCC2CCCC1CC2. The Balaban J connectivity index is 0.000000128. The molecule has 0 radical (unpaired) electrons. The van der Waals surface area contributed by atoms with Crippen LogP contribution in [-0.2, 0) is 0 Å². The fraction of sp³-hybridized carbons (Fsp3) is 1.00. The first-order valence-corrected chi connectivity index (χ1v) is 48.4. The molecule has 18 bridgehead atoms. The van der Waals surface area contributed by atoms with E-state index in [4.69, 9.17) is 0 Å². The van der Waals surface area contributed by atoms with Gasteiger partial charge in [0.05, 0.1) is 0 Å². The van der Waals surface area contributed by atoms with Gasteiger partial charge in [0.1, 0.15) is 0 Å². The van der Waals surface area contributed by atoms with Crippen LogP contribution in [0.2, 0.25) is 0 Å². The van der Waals surface area contributed by atoms with Crippen LogP contribution in [0.1, 0.15) is 468 Å². The van der Waals surface area contributed by atoms with Crippen molar-refractivity contribution in [1.29, 1.82) is 0 Å². The molecule has 13 unspecified atom stereocenters. The Morgan fingerprint density at radius 1 is 0.192 bits per heavy atom. The molecule has 606 valence electrons. The molecule has 20 aliphatic rings. The first-order valence-electron chi connectivity index (χ1n) is 48.4. The Bertz CT molecular complexity index is 2420. The summed E-state index contributed by atoms with van der Waals surface area (Å²) in [6, 6.07) is 0. The standard InChI is InChI=1S/C14H24.3C14H26.C13H24.2C12H22.C11H20/c1-13(2,3)14-7-10-4-11(8-14)6-12(5-10)9-14;1-13(2,3)14(4)11-7-5-8-12(14)10-6-9-11;1-14(2,3)13-10-8-11-5-4-6-12(13)9-7-11;1-14(2,3)13-9-11-6-4-5-7-12(8-11)10-13;1-13(2,3)12-9-6-10-4-7-11(12)8-5-10;1-12(2,3)11-7-5-9-4-6-10(11)8-9;1-12(2,3)11-8-9-4-6-10(11)7-5-9;1-11(2,3)10-7-8-4-5-9(10)6-8/h10-12H,4-9H2,1-3H3;11-12H,5-10H2,1-4H3;2*11-13H,4-10H2,1-3H3;10-12H,4-9H2,1-3H3;2*9-11H,4-8H2,1-3H3;8-10H,4-7H2,1-3H3. The smallest absolute Gasteiger partial charge is 0.0221 e. The third-order valence-corrected chi connectivity index (χ3v) is 37.1. The lowest BCUT2D eigenvalue weighted by molar-refractivity contribution is -0.113. The van der Waals surface area contributed by atoms with Crippen molar-refractivity contribution in [2.45, 2.75) is 468 Å². The van der Waals surface area contributed by atoms with E-state index in [1.54, 1.807) is 57.8 Å². The Labute approximate surface area is 654 Å². The van der Waals surface area contributed by atoms with Crippen molar-refractivity contribution < 1.29 is 0 Å². The second-order valence-electron chi connectivity index (χ2n) is 51.7. The van der Waals surface area contributed by atoms with Gasteiger partial charge in [0.25, 0.3) is 0 Å². The van der Waals surface area contributed by atoms with Crippen LogP contribution >= 0.6 is 0 Å². The van der Waals surface area contributed by atoms with Gasteiger partial charge >= 0.3 is 0 Å². The van der Waals surface area contributed by atoms with Crippen LogP contribution < -0.4 is 0 Å². The molecular formula is C104H190. The zero-order valence-electron chi connectivity index (χ0n) is 75.8. The van der Waals surface area contributed by atoms with E-state index in [2.05, 4.69) is 173 Å². The van der Waals surface area contributed by atoms with Gasteiger partial charge in [-0.15, -0.1) is 0 Å². The van der Waals surface area contributed by atoms with Crippen molar-refractivity contribution in [2.75, 3.05) is 0 Å². The minimum Gasteiger partial charge on any atom is -0.0599 e. The molecule has 20 fully saturated rings. The maximum absolute atomic E-state index is 2.58. The van der Waals surface area contributed by atoms with Crippen molar-refractivity contribution in [1.82, 2.24) is 0 Å². The lowest BCUT2D eigenvalue weighted by Crippen LogP contribution is -2.51. The van der Waals surface area contributed by atoms with Crippen LogP contribution in [0.25, 0.3) is 0 Å². The average Bonchev–Trinajstić information content (AvgIpc) is 1.56. The molecule has 0 aliphatic heterocycles. The molecule has 0 heteroatoms. The maximum Gasteiger partial charge on any atom is -0.0221 e. The highest BCUT2D eigenvalue weighted by molar-refractivity contribution is 5.07. The molecule has 0 nitrogen and oxygen atoms in total. The van der Waals surface area contributed by atoms with Crippen LogP contribution in [0.4, 0.5) is 0 Å². The highest BCUT2D eigenvalue weighted by Crippen LogP contribution is 2.67. The van der Waals surface area contributed by atoms with E-state index in [0.717, 1.165) is 142 Å². The monoisotopic (exact) mass is 1440 g/mol. The summed E-state index contributed by atoms with van der Waals surface area (Å²) in [5.41, 5.74) is 5.82. The van der Waals surface area contributed by atoms with Crippen LogP contribution in [-0.4, -0.2) is 0 Å². The number of fused-ring (bicyclic) bond motifs is 18. The molecule has 0 saturated heterocycles. The highest BCUT2D eigenvalue weighted by atomic mass is 14.6. The molecule has 0 spiro atoms. The quantitative estimate of drug-likeness (QED) is 0.227. The summed E-state index contributed by atoms with van der Waals surface area (Å²) in [5, 5.41) is 0. The predicted octanol–water partition coefficient (Wildman–Crippen LogP) is 33.6. The summed E-state index contributed by atoms with van der Waals surface area (Å²) in [5.74, 6) is 24.6. The number of hydrogen-bond acceptors (Lipinski definition) is 0. The van der Waals surface area contributed by atoms with Crippen LogP contribution in [0.15, 0.2) is 0 Å². The minimum atomic E-state index is 0.503. The van der Waals surface area contributed by atoms with Crippen LogP contribution in [0.3, 0.4) is 0 Å². The molecule has 20 aliphatic carbocycles. The molecule has 0 amide bonds. The molecule has 20 rings (SSSR count). The minimum absolute atomic E-state index is 0.503. The van der Waals surface area contributed by atoms with E-state index in [9.17, 15) is 0 Å². The predicted molar refractivity (Wildman–Crippen MR) is 459 cm³/mol. The van der Waals surface area contributed by atoms with E-state index >= 15 is 0 Å². The van der Waals surface area contributed by atoms with Gasteiger partial charge < -0.3 is 0 Å². The summed E-state index contributed by atoms with van der Waals surface area (Å²) in [4.78, 5) is 0. The molecular weight excluding hydrogens is 1250 g/mol. The molecule has 104 heavy (non-hydrogen) atoms. The average molecular weight is 1440 g/mol. The van der Waals surface area contributed by atoms with Crippen molar-refractivity contribution >= 4 is 0 Å². The zero-order chi connectivity index (χ0) is 75.8. The van der Waals surface area contributed by atoms with Gasteiger partial charge in [-0.05, 0) is 364 Å². The Morgan fingerprint density at radius 3 is 0.827 bits per heavy atom. The van der Waals surface area contributed by atoms with Gasteiger partial charge in [-0.3, -0.25) is 0 Å². The molecule has 20 saturated carbocycles. The van der Waals surface area contributed by atoms with E-state index in [0.29, 0.717) is 48.7 Å². The van der Waals surface area contributed by atoms with Gasteiger partial charge in [0.15, 0.2) is 0 Å². The van der Waals surface area contributed by atoms with Gasteiger partial charge in [-0.1, -0.05) is 295 Å². The second kappa shape index (κ2) is 35.0. The lowest BCUT2D eigenvalue weighted by Gasteiger charge is -2.62. The molecule has 0 heterocycles. The largest absolute Gasteiger partial charge is 0.0599 e. The van der Waals surface area contributed by atoms with Gasteiger partial charge in [0.2, 0.25) is 0 Å². The summed E-state index contributed by atoms with van der Waals surface area (Å²) in [7, 11) is 0. The van der Waals surface area contributed by atoms with Gasteiger partial charge in [-0.25, -0.2) is 0 Å². The van der Waals surface area contributed by atoms with E-state index in [-0.39, 0.29) is 0 Å². The van der Waals surface area contributed by atoms with E-state index in [1.165, 1.54) is 238 Å². The first-order chi connectivity index (χ1) is 48.4. The fourth-order valence-corrected chi connectivity index (χ4v) is 30.7. The van der Waals surface area contributed by atoms with Crippen molar-refractivity contribution in [3.05, 3.63) is 0 Å². The second-order valence-corrected chi connectivity index (χ2v) is 51.7. The van der Waals surface area contributed by atoms with E-state index < -0.39 is 0 Å². The Morgan fingerprint density at radius 2 is 0.471 bits per heavy atom. The number of rotatable bonds is 0. The topological polar surface area (TPSA) is 0 Å². The first kappa shape index (κ1) is 86.4. The molecule has 13 atom stereocenters. The van der Waals surface area contributed by atoms with E-state index in [1.807, 2.05) is 0 Å². The summed E-state index contributed by atoms with van der Waals surface area (Å²) >= 11 is 0. The molecule has 0 aromatic carbocycles. The number of hydrogen-bond donors (Lipinski definition) is 0. The lowest BCUT2D eigenvalue weighted by atomic mass is 9.43.